The first-order valence-corrected chi connectivity index (χ1v) is 7.98. The molecule has 1 saturated heterocycles. The molecule has 0 unspecified atom stereocenters. The Balaban J connectivity index is 2.43. The van der Waals surface area contributed by atoms with Crippen molar-refractivity contribution in [1.82, 2.24) is 4.90 Å². The number of nitrogens with zero attached hydrogens (tertiary/aromatic N) is 1. The lowest BCUT2D eigenvalue weighted by atomic mass is 10.1. The third-order valence-corrected chi connectivity index (χ3v) is 4.28. The highest BCUT2D eigenvalue weighted by Crippen LogP contribution is 2.36. The van der Waals surface area contributed by atoms with E-state index in [2.05, 4.69) is 6.58 Å². The van der Waals surface area contributed by atoms with Crippen molar-refractivity contribution >= 4 is 29.0 Å². The van der Waals surface area contributed by atoms with Crippen LogP contribution in [-0.2, 0) is 11.2 Å². The Bertz CT molecular complexity index is 694. The van der Waals surface area contributed by atoms with E-state index in [1.165, 1.54) is 12.0 Å². The van der Waals surface area contributed by atoms with Crippen molar-refractivity contribution < 1.29 is 19.4 Å². The van der Waals surface area contributed by atoms with E-state index in [0.29, 0.717) is 28.2 Å². The lowest BCUT2D eigenvalue weighted by molar-refractivity contribution is -0.123. The molecule has 1 heterocycles. The molecule has 122 valence electrons. The van der Waals surface area contributed by atoms with E-state index < -0.39 is 0 Å². The van der Waals surface area contributed by atoms with Crippen LogP contribution in [0.1, 0.15) is 25.0 Å². The largest absolute Gasteiger partial charge is 0.504 e. The fraction of sp³-hybridized carbons (Fsp3) is 0.294. The number of methoxy groups -OCH3 is 1. The van der Waals surface area contributed by atoms with E-state index in [4.69, 9.17) is 4.74 Å². The van der Waals surface area contributed by atoms with Crippen molar-refractivity contribution in [2.45, 2.75) is 26.3 Å². The van der Waals surface area contributed by atoms with Crippen LogP contribution in [0.15, 0.2) is 29.7 Å². The van der Waals surface area contributed by atoms with Crippen molar-refractivity contribution in [3.8, 4) is 11.5 Å². The van der Waals surface area contributed by atoms with Gasteiger partial charge in [0.1, 0.15) is 0 Å². The average molecular weight is 333 g/mol. The molecule has 0 spiro atoms. The van der Waals surface area contributed by atoms with Gasteiger partial charge in [-0.15, -0.1) is 6.58 Å². The van der Waals surface area contributed by atoms with Gasteiger partial charge in [0.05, 0.1) is 12.0 Å². The number of ether oxygens (including phenoxy) is 1. The van der Waals surface area contributed by atoms with Crippen molar-refractivity contribution in [2.75, 3.05) is 7.11 Å². The summed E-state index contributed by atoms with van der Waals surface area (Å²) in [6.45, 7) is 7.25. The highest BCUT2D eigenvalue weighted by Gasteiger charge is 2.36. The second-order valence-corrected chi connectivity index (χ2v) is 6.36. The molecule has 2 rings (SSSR count). The Morgan fingerprint density at radius 1 is 1.39 bits per heavy atom. The summed E-state index contributed by atoms with van der Waals surface area (Å²) in [4.78, 5) is 25.8. The molecule has 1 aliphatic heterocycles. The van der Waals surface area contributed by atoms with Gasteiger partial charge in [-0.2, -0.15) is 0 Å². The van der Waals surface area contributed by atoms with Crippen molar-refractivity contribution in [3.63, 3.8) is 0 Å². The molecule has 1 fully saturated rings. The monoisotopic (exact) mass is 333 g/mol. The summed E-state index contributed by atoms with van der Waals surface area (Å²) in [5.41, 5.74) is 1.33. The van der Waals surface area contributed by atoms with E-state index >= 15 is 0 Å². The smallest absolute Gasteiger partial charge is 0.293 e. The number of carbonyl (C=O) groups excluding carboxylic acids is 2. The number of imide groups is 1. The van der Waals surface area contributed by atoms with Crippen LogP contribution < -0.4 is 4.74 Å². The third kappa shape index (κ3) is 3.42. The maximum atomic E-state index is 12.3. The molecule has 0 saturated carbocycles. The van der Waals surface area contributed by atoms with Gasteiger partial charge in [0.25, 0.3) is 11.1 Å². The molecular formula is C17H19NO4S. The van der Waals surface area contributed by atoms with Crippen molar-refractivity contribution in [2.24, 2.45) is 0 Å². The van der Waals surface area contributed by atoms with E-state index in [0.717, 1.165) is 11.8 Å². The predicted octanol–water partition coefficient (Wildman–Crippen LogP) is 3.57. The molecule has 1 aliphatic rings. The highest BCUT2D eigenvalue weighted by molar-refractivity contribution is 8.18. The minimum absolute atomic E-state index is 0.0554. The summed E-state index contributed by atoms with van der Waals surface area (Å²) in [5, 5.41) is 9.82. The first-order chi connectivity index (χ1) is 10.9. The van der Waals surface area contributed by atoms with Crippen LogP contribution in [0.4, 0.5) is 4.79 Å². The van der Waals surface area contributed by atoms with Gasteiger partial charge in [-0.25, -0.2) is 0 Å². The standard InChI is InChI=1S/C17H19NO4S/c1-5-6-12-7-11(8-13(22-4)15(12)19)9-14-16(20)18(10(2)3)17(21)23-14/h5,7-10,19H,1,6H2,2-4H3/b14-9+. The second kappa shape index (κ2) is 6.91. The van der Waals surface area contributed by atoms with Gasteiger partial charge >= 0.3 is 0 Å². The average Bonchev–Trinajstić information content (AvgIpc) is 2.76. The Morgan fingerprint density at radius 2 is 2.09 bits per heavy atom. The predicted molar refractivity (Wildman–Crippen MR) is 91.5 cm³/mol. The van der Waals surface area contributed by atoms with Gasteiger partial charge in [0, 0.05) is 11.6 Å². The number of rotatable bonds is 5. The fourth-order valence-electron chi connectivity index (χ4n) is 2.32. The molecule has 0 radical (unpaired) electrons. The van der Waals surface area contributed by atoms with Gasteiger partial charge < -0.3 is 9.84 Å². The molecule has 0 aromatic heterocycles. The third-order valence-electron chi connectivity index (χ3n) is 3.40. The quantitative estimate of drug-likeness (QED) is 0.659. The number of allylic oxidation sites excluding steroid dienone is 1. The zero-order valence-corrected chi connectivity index (χ0v) is 14.1. The summed E-state index contributed by atoms with van der Waals surface area (Å²) >= 11 is 0.917. The number of hydrogen-bond acceptors (Lipinski definition) is 5. The topological polar surface area (TPSA) is 66.8 Å². The number of phenols is 1. The summed E-state index contributed by atoms with van der Waals surface area (Å²) < 4.78 is 5.16. The molecule has 6 heteroatoms. The van der Waals surface area contributed by atoms with Crippen molar-refractivity contribution in [1.29, 1.82) is 0 Å². The molecule has 0 aliphatic carbocycles. The Morgan fingerprint density at radius 3 is 2.61 bits per heavy atom. The maximum Gasteiger partial charge on any atom is 0.293 e. The van der Waals surface area contributed by atoms with Crippen LogP contribution in [0.3, 0.4) is 0 Å². The Labute approximate surface area is 139 Å². The summed E-state index contributed by atoms with van der Waals surface area (Å²) in [5.74, 6) is 0.0748. The van der Waals surface area contributed by atoms with Crippen LogP contribution in [-0.4, -0.2) is 34.3 Å². The molecule has 0 atom stereocenters. The first-order valence-electron chi connectivity index (χ1n) is 7.16. The first kappa shape index (κ1) is 17.1. The minimum Gasteiger partial charge on any atom is -0.504 e. The number of aromatic hydroxyl groups is 1. The van der Waals surface area contributed by atoms with Gasteiger partial charge in [0.15, 0.2) is 11.5 Å². The van der Waals surface area contributed by atoms with Crippen LogP contribution >= 0.6 is 11.8 Å². The number of hydrogen-bond donors (Lipinski definition) is 1. The van der Waals surface area contributed by atoms with Crippen LogP contribution in [0, 0.1) is 0 Å². The van der Waals surface area contributed by atoms with Gasteiger partial charge in [-0.05, 0) is 55.8 Å². The van der Waals surface area contributed by atoms with Gasteiger partial charge in [-0.1, -0.05) is 6.08 Å². The molecule has 23 heavy (non-hydrogen) atoms. The van der Waals surface area contributed by atoms with Gasteiger partial charge in [-0.3, -0.25) is 14.5 Å². The highest BCUT2D eigenvalue weighted by atomic mass is 32.2. The minimum atomic E-state index is -0.299. The summed E-state index contributed by atoms with van der Waals surface area (Å²) in [7, 11) is 1.46. The summed E-state index contributed by atoms with van der Waals surface area (Å²) in [6.07, 6.45) is 3.78. The molecular weight excluding hydrogens is 314 g/mol. The van der Waals surface area contributed by atoms with E-state index in [-0.39, 0.29) is 22.9 Å². The lowest BCUT2D eigenvalue weighted by Crippen LogP contribution is -2.34. The molecule has 5 nitrogen and oxygen atoms in total. The maximum absolute atomic E-state index is 12.3. The van der Waals surface area contributed by atoms with Gasteiger partial charge in [0.2, 0.25) is 0 Å². The molecule has 2 amide bonds. The Hall–Kier alpha value is -2.21. The number of phenolic OH excluding ortho intramolecular Hbond substituents is 1. The number of carbonyl (C=O) groups is 2. The second-order valence-electron chi connectivity index (χ2n) is 5.37. The van der Waals surface area contributed by atoms with Crippen molar-refractivity contribution in [3.05, 3.63) is 40.8 Å². The van der Waals surface area contributed by atoms with E-state index in [9.17, 15) is 14.7 Å². The zero-order chi connectivity index (χ0) is 17.1. The lowest BCUT2D eigenvalue weighted by Gasteiger charge is -2.16. The molecule has 1 aromatic rings. The normalized spacial score (nSPS) is 16.5. The van der Waals surface area contributed by atoms with E-state index in [1.54, 1.807) is 38.1 Å². The Kier molecular flexibility index (Phi) is 5.15. The summed E-state index contributed by atoms with van der Waals surface area (Å²) in [6, 6.07) is 3.20. The van der Waals surface area contributed by atoms with Crippen LogP contribution in [0.25, 0.3) is 6.08 Å². The van der Waals surface area contributed by atoms with Crippen LogP contribution in [0.5, 0.6) is 11.5 Å². The SMILES string of the molecule is C=CCc1cc(/C=C2/SC(=O)N(C(C)C)C2=O)cc(OC)c1O. The fourth-order valence-corrected chi connectivity index (χ4v) is 3.28. The van der Waals surface area contributed by atoms with Crippen LogP contribution in [0.2, 0.25) is 0 Å². The number of benzene rings is 1. The molecule has 1 aromatic carbocycles. The zero-order valence-electron chi connectivity index (χ0n) is 13.3. The number of amides is 2. The molecule has 1 N–H and O–H groups in total. The molecule has 0 bridgehead atoms. The number of thioether (sulfide) groups is 1. The van der Waals surface area contributed by atoms with E-state index in [1.807, 2.05) is 0 Å².